The summed E-state index contributed by atoms with van der Waals surface area (Å²) in [6.45, 7) is 2.63. The summed E-state index contributed by atoms with van der Waals surface area (Å²) in [6, 6.07) is 49.9. The van der Waals surface area contributed by atoms with Crippen LogP contribution in [0.25, 0.3) is 77.2 Å². The van der Waals surface area contributed by atoms with Gasteiger partial charge in [0.05, 0.1) is 0 Å². The van der Waals surface area contributed by atoms with Crippen molar-refractivity contribution in [2.45, 2.75) is 13.8 Å². The highest BCUT2D eigenvalue weighted by Crippen LogP contribution is 2.14. The van der Waals surface area contributed by atoms with Crippen molar-refractivity contribution in [3.63, 3.8) is 0 Å². The minimum Gasteiger partial charge on any atom is -0.410 e. The molecule has 398 valence electrons. The third kappa shape index (κ3) is 11.9. The number of benzene rings is 7. The van der Waals surface area contributed by atoms with Crippen LogP contribution < -0.4 is 29.0 Å². The van der Waals surface area contributed by atoms with Gasteiger partial charge in [0.1, 0.15) is 77.2 Å². The molecule has 0 fully saturated rings. The molecule has 7 aromatic heterocycles. The molecule has 7 heterocycles. The van der Waals surface area contributed by atoms with Crippen molar-refractivity contribution >= 4 is 101 Å². The summed E-state index contributed by atoms with van der Waals surface area (Å²) in [6.07, 6.45) is -2.02. The Balaban J connectivity index is 0.000000116. The summed E-state index contributed by atoms with van der Waals surface area (Å²) >= 11 is 0. The molecule has 0 saturated carbocycles. The molecular weight excluding hydrogens is 1050 g/mol. The lowest BCUT2D eigenvalue weighted by molar-refractivity contribution is -0.143. The summed E-state index contributed by atoms with van der Waals surface area (Å²) in [5, 5.41) is 61.3. The van der Waals surface area contributed by atoms with E-state index in [2.05, 4.69) is 72.2 Å². The minimum absolute atomic E-state index is 0.421. The van der Waals surface area contributed by atoms with E-state index in [1.807, 2.05) is 36.4 Å². The average molecular weight is 1080 g/mol. The van der Waals surface area contributed by atoms with Gasteiger partial charge in [0.25, 0.3) is 0 Å². The highest BCUT2D eigenvalue weighted by atomic mass is 16.9. The molecule has 0 unspecified atom stereocenters. The molecule has 0 amide bonds. The quantitative estimate of drug-likeness (QED) is 0.184. The number of carbonyl (C=O) groups excluding carboxylic acids is 4. The standard InChI is InChI=1S/2C13H8N6O3.2C8H7N3O2.C6H5N3O/c2*20-13(21-18-11-7-3-1-5-9(11)14-16-18)22-19-12-8-4-2-6-10(12)15-17-19;2*1-6(12)13-11-8-5-3-2-4-7(8)9-10-11;10-9-6-4-2-1-3-5(6)7-8-9/h2*1-8H;2*2-5H,1H3;1-4,10H. The highest BCUT2D eigenvalue weighted by Gasteiger charge is 2.17. The van der Waals surface area contributed by atoms with Gasteiger partial charge in [-0.2, -0.15) is 9.59 Å². The molecule has 14 rings (SSSR count). The van der Waals surface area contributed by atoms with Gasteiger partial charge in [-0.1, -0.05) is 119 Å². The summed E-state index contributed by atoms with van der Waals surface area (Å²) in [4.78, 5) is 81.4. The van der Waals surface area contributed by atoms with E-state index in [4.69, 9.17) is 34.2 Å². The number of nitrogens with zero attached hydrogens (tertiary/aromatic N) is 21. The Morgan fingerprint density at radius 2 is 0.475 bits per heavy atom. The first kappa shape index (κ1) is 51.1. The van der Waals surface area contributed by atoms with Gasteiger partial charge < -0.3 is 14.9 Å². The molecule has 0 aliphatic heterocycles. The van der Waals surface area contributed by atoms with Crippen molar-refractivity contribution in [1.82, 2.24) is 106 Å². The van der Waals surface area contributed by atoms with Crippen molar-refractivity contribution < 1.29 is 53.4 Å². The molecule has 0 aliphatic carbocycles. The van der Waals surface area contributed by atoms with Gasteiger partial charge in [-0.15, -0.1) is 35.7 Å². The number of para-hydroxylation sites is 7. The molecule has 0 bridgehead atoms. The first-order valence-electron chi connectivity index (χ1n) is 23.1. The summed E-state index contributed by atoms with van der Waals surface area (Å²) in [5.41, 5.74) is 8.65. The summed E-state index contributed by atoms with van der Waals surface area (Å²) in [5.74, 6) is -0.841. The highest BCUT2D eigenvalue weighted by molar-refractivity contribution is 5.79. The summed E-state index contributed by atoms with van der Waals surface area (Å²) in [7, 11) is 0. The third-order valence-electron chi connectivity index (χ3n) is 10.3. The fourth-order valence-electron chi connectivity index (χ4n) is 6.91. The summed E-state index contributed by atoms with van der Waals surface area (Å²) < 4.78 is 0. The predicted octanol–water partition coefficient (Wildman–Crippen LogP) is 3.19. The van der Waals surface area contributed by atoms with E-state index in [9.17, 15) is 19.2 Å². The molecule has 32 nitrogen and oxygen atoms in total. The van der Waals surface area contributed by atoms with Crippen LogP contribution >= 0.6 is 0 Å². The molecule has 80 heavy (non-hydrogen) atoms. The molecule has 0 aliphatic rings. The van der Waals surface area contributed by atoms with Crippen molar-refractivity contribution in [2.24, 2.45) is 0 Å². The van der Waals surface area contributed by atoms with Crippen LogP contribution in [0.2, 0.25) is 0 Å². The Bertz CT molecular complexity index is 4070. The van der Waals surface area contributed by atoms with E-state index >= 15 is 0 Å². The molecule has 1 N–H and O–H groups in total. The lowest BCUT2D eigenvalue weighted by atomic mass is 10.3. The number of hydrogen-bond acceptors (Lipinski definition) is 25. The lowest BCUT2D eigenvalue weighted by Gasteiger charge is -2.03. The molecule has 0 spiro atoms. The molecule has 14 aromatic rings. The van der Waals surface area contributed by atoms with E-state index in [0.29, 0.717) is 77.2 Å². The van der Waals surface area contributed by atoms with E-state index in [-0.39, 0.29) is 0 Å². The largest absolute Gasteiger partial charge is 0.562 e. The fourth-order valence-corrected chi connectivity index (χ4v) is 6.91. The Morgan fingerprint density at radius 3 is 0.700 bits per heavy atom. The predicted molar refractivity (Wildman–Crippen MR) is 272 cm³/mol. The van der Waals surface area contributed by atoms with E-state index in [0.717, 1.165) is 33.9 Å². The topological polar surface area (TPSA) is 359 Å². The third-order valence-corrected chi connectivity index (χ3v) is 10.3. The van der Waals surface area contributed by atoms with Crippen LogP contribution in [0.4, 0.5) is 9.59 Å². The molecule has 0 atom stereocenters. The van der Waals surface area contributed by atoms with E-state index in [1.165, 1.54) is 13.8 Å². The van der Waals surface area contributed by atoms with Gasteiger partial charge in [-0.25, -0.2) is 9.59 Å². The normalized spacial score (nSPS) is 10.6. The van der Waals surface area contributed by atoms with Gasteiger partial charge >= 0.3 is 24.2 Å². The monoisotopic (exact) mass is 1080 g/mol. The zero-order valence-electron chi connectivity index (χ0n) is 41.1. The Labute approximate surface area is 443 Å². The number of hydrogen-bond donors (Lipinski definition) is 1. The average Bonchev–Trinajstić information content (AvgIpc) is 4.42. The van der Waals surface area contributed by atoms with Crippen LogP contribution in [-0.4, -0.2) is 136 Å². The number of aromatic nitrogens is 21. The number of fused-ring (bicyclic) bond motifs is 7. The Morgan fingerprint density at radius 1 is 0.287 bits per heavy atom. The molecule has 0 radical (unpaired) electrons. The molecular formula is C48H35N21O11. The van der Waals surface area contributed by atoms with Crippen LogP contribution in [0.1, 0.15) is 13.8 Å². The maximum atomic E-state index is 11.8. The maximum Gasteiger partial charge on any atom is 0.562 e. The van der Waals surface area contributed by atoms with Crippen molar-refractivity contribution in [3.8, 4) is 0 Å². The second-order valence-electron chi connectivity index (χ2n) is 15.7. The molecule has 0 saturated heterocycles. The zero-order chi connectivity index (χ0) is 55.4. The van der Waals surface area contributed by atoms with Crippen LogP contribution in [-0.2, 0) is 9.59 Å². The van der Waals surface area contributed by atoms with Crippen LogP contribution in [0.5, 0.6) is 0 Å². The lowest BCUT2D eigenvalue weighted by Crippen LogP contribution is -2.30. The molecule has 32 heteroatoms. The Hall–Kier alpha value is -12.4. The van der Waals surface area contributed by atoms with Gasteiger partial charge in [-0.05, 0) is 121 Å². The van der Waals surface area contributed by atoms with E-state index < -0.39 is 24.2 Å². The molecule has 7 aromatic carbocycles. The Kier molecular flexibility index (Phi) is 15.0. The van der Waals surface area contributed by atoms with Crippen LogP contribution in [0.15, 0.2) is 170 Å². The van der Waals surface area contributed by atoms with E-state index in [1.54, 1.807) is 133 Å². The smallest absolute Gasteiger partial charge is 0.410 e. The van der Waals surface area contributed by atoms with Gasteiger partial charge in [0, 0.05) is 13.8 Å². The van der Waals surface area contributed by atoms with Gasteiger partial charge in [0.2, 0.25) is 0 Å². The SMILES string of the molecule is CC(=O)On1nnc2ccccc21.CC(=O)On1nnc2ccccc21.O=C(On1nnc2ccccc21)On1nnc2ccccc21.O=C(On1nnc2ccccc21)On1nnc2ccccc21.On1nnc2ccccc21. The van der Waals surface area contributed by atoms with Crippen molar-refractivity contribution in [3.05, 3.63) is 170 Å². The fraction of sp³-hybridized carbons (Fsp3) is 0.0417. The maximum absolute atomic E-state index is 11.8. The van der Waals surface area contributed by atoms with Crippen molar-refractivity contribution in [1.29, 1.82) is 0 Å². The first-order chi connectivity index (χ1) is 39.0. The van der Waals surface area contributed by atoms with Crippen LogP contribution in [0, 0.1) is 0 Å². The second-order valence-corrected chi connectivity index (χ2v) is 15.7. The van der Waals surface area contributed by atoms with Gasteiger partial charge in [-0.3, -0.25) is 19.4 Å². The van der Waals surface area contributed by atoms with Crippen LogP contribution in [0.3, 0.4) is 0 Å². The van der Waals surface area contributed by atoms with Crippen molar-refractivity contribution in [2.75, 3.05) is 0 Å². The second kappa shape index (κ2) is 23.4. The number of rotatable bonds is 6. The minimum atomic E-state index is -1.01. The zero-order valence-corrected chi connectivity index (χ0v) is 41.1. The van der Waals surface area contributed by atoms with Gasteiger partial charge in [0.15, 0.2) is 0 Å². The first-order valence-corrected chi connectivity index (χ1v) is 23.1. The number of carbonyl (C=O) groups is 4.